The molecule has 0 aromatic heterocycles. The molecular weight excluding hydrogens is 524 g/mol. The highest BCUT2D eigenvalue weighted by atomic mass is 16.5. The van der Waals surface area contributed by atoms with Crippen LogP contribution in [-0.4, -0.2) is 54.4 Å². The van der Waals surface area contributed by atoms with Crippen molar-refractivity contribution in [1.29, 1.82) is 0 Å². The Morgan fingerprint density at radius 3 is 1.93 bits per heavy atom. The van der Waals surface area contributed by atoms with Crippen LogP contribution in [0.4, 0.5) is 0 Å². The lowest BCUT2D eigenvalue weighted by Gasteiger charge is -2.38. The maximum absolute atomic E-state index is 11.4. The molecule has 8 heteroatoms. The van der Waals surface area contributed by atoms with Crippen LogP contribution in [0.15, 0.2) is 60.7 Å². The zero-order valence-corrected chi connectivity index (χ0v) is 24.6. The van der Waals surface area contributed by atoms with E-state index in [1.807, 2.05) is 54.6 Å². The van der Waals surface area contributed by atoms with Crippen LogP contribution < -0.4 is 28.4 Å². The van der Waals surface area contributed by atoms with Gasteiger partial charge in [-0.05, 0) is 71.8 Å². The van der Waals surface area contributed by atoms with Crippen molar-refractivity contribution >= 4 is 6.08 Å². The van der Waals surface area contributed by atoms with Gasteiger partial charge >= 0.3 is 0 Å². The molecule has 0 aliphatic carbocycles. The molecule has 0 bridgehead atoms. The minimum Gasteiger partial charge on any atom is -0.493 e. The molecule has 1 heterocycles. The van der Waals surface area contributed by atoms with Crippen LogP contribution in [0.2, 0.25) is 0 Å². The molecule has 8 nitrogen and oxygen atoms in total. The first-order chi connectivity index (χ1) is 20.0. The molecule has 3 aromatic rings. The number of hydrogen-bond acceptors (Lipinski definition) is 8. The molecule has 0 saturated carbocycles. The Morgan fingerprint density at radius 1 is 0.732 bits per heavy atom. The zero-order chi connectivity index (χ0) is 29.4. The quantitative estimate of drug-likeness (QED) is 0.276. The van der Waals surface area contributed by atoms with Crippen molar-refractivity contribution < 1.29 is 38.3 Å². The van der Waals surface area contributed by atoms with Crippen molar-refractivity contribution in [3.05, 3.63) is 77.4 Å². The van der Waals surface area contributed by atoms with E-state index in [0.29, 0.717) is 41.1 Å². The average Bonchev–Trinajstić information content (AvgIpc) is 3.03. The fraction of sp³-hybridized carbons (Fsp3) is 0.394. The number of rotatable bonds is 12. The summed E-state index contributed by atoms with van der Waals surface area (Å²) in [6.07, 6.45) is 4.81. The van der Waals surface area contributed by atoms with Crippen LogP contribution in [0.3, 0.4) is 0 Å². The van der Waals surface area contributed by atoms with Crippen LogP contribution in [0.25, 0.3) is 6.08 Å². The topological polar surface area (TPSA) is 84.8 Å². The minimum atomic E-state index is -0.724. The van der Waals surface area contributed by atoms with Gasteiger partial charge in [0.25, 0.3) is 0 Å². The highest BCUT2D eigenvalue weighted by molar-refractivity contribution is 5.56. The lowest BCUT2D eigenvalue weighted by molar-refractivity contribution is -0.0901. The number of ether oxygens (including phenoxy) is 7. The fourth-order valence-corrected chi connectivity index (χ4v) is 5.43. The van der Waals surface area contributed by atoms with E-state index in [2.05, 4.69) is 12.2 Å². The monoisotopic (exact) mass is 564 g/mol. The molecule has 3 aromatic carbocycles. The fourth-order valence-electron chi connectivity index (χ4n) is 5.43. The van der Waals surface area contributed by atoms with E-state index < -0.39 is 6.10 Å². The number of allylic oxidation sites excluding steroid dienone is 1. The van der Waals surface area contributed by atoms with Gasteiger partial charge in [-0.15, -0.1) is 0 Å². The van der Waals surface area contributed by atoms with E-state index in [4.69, 9.17) is 33.2 Å². The van der Waals surface area contributed by atoms with Crippen molar-refractivity contribution in [2.75, 3.05) is 49.3 Å². The van der Waals surface area contributed by atoms with Crippen molar-refractivity contribution in [1.82, 2.24) is 0 Å². The summed E-state index contributed by atoms with van der Waals surface area (Å²) in [7, 11) is 9.68. The van der Waals surface area contributed by atoms with Gasteiger partial charge in [-0.3, -0.25) is 0 Å². The van der Waals surface area contributed by atoms with Crippen molar-refractivity contribution in [3.63, 3.8) is 0 Å². The van der Waals surface area contributed by atoms with Gasteiger partial charge in [0.1, 0.15) is 0 Å². The first-order valence-corrected chi connectivity index (χ1v) is 13.6. The lowest BCUT2D eigenvalue weighted by atomic mass is 9.79. The standard InChI is InChI=1S/C33H40O8/c1-35-26-13-10-21(16-29(26)38-4)8-7-9-23-17-25(32(34)22-11-14-27(36-2)30(18-22)39-5)20-41-33(23)24-12-15-28(37-3)31(19-24)40-6/h7-8,10-16,18-19,23,25,32-34H,9,17,20H2,1-6H3/b8-7-/t23-,25+,32-,33-/m1/s1. The first kappa shape index (κ1) is 30.1. The normalized spacial score (nSPS) is 19.4. The number of hydrogen-bond donors (Lipinski definition) is 1. The SMILES string of the molecule is COc1ccc(/C=C\C[C@@H]2C[C@H]([C@H](O)c3ccc(OC)c(OC)c3)CO[C@H]2c2ccc(OC)c(OC)c2)cc1OC. The van der Waals surface area contributed by atoms with Gasteiger partial charge in [0.2, 0.25) is 0 Å². The summed E-state index contributed by atoms with van der Waals surface area (Å²) >= 11 is 0. The van der Waals surface area contributed by atoms with Crippen LogP contribution >= 0.6 is 0 Å². The van der Waals surface area contributed by atoms with Gasteiger partial charge in [-0.1, -0.05) is 30.4 Å². The van der Waals surface area contributed by atoms with Crippen LogP contribution in [0.1, 0.15) is 41.7 Å². The molecule has 1 aliphatic rings. The van der Waals surface area contributed by atoms with Gasteiger partial charge in [0.05, 0.1) is 61.5 Å². The minimum absolute atomic E-state index is 0.0954. The van der Waals surface area contributed by atoms with E-state index in [9.17, 15) is 5.11 Å². The Balaban J connectivity index is 1.59. The second kappa shape index (κ2) is 14.1. The van der Waals surface area contributed by atoms with Crippen LogP contribution in [0, 0.1) is 11.8 Å². The summed E-state index contributed by atoms with van der Waals surface area (Å²) in [5, 5.41) is 11.4. The molecule has 0 amide bonds. The average molecular weight is 565 g/mol. The third kappa shape index (κ3) is 6.89. The third-order valence-electron chi connectivity index (χ3n) is 7.61. The van der Waals surface area contributed by atoms with Crippen molar-refractivity contribution in [2.45, 2.75) is 25.0 Å². The number of benzene rings is 3. The molecule has 4 rings (SSSR count). The first-order valence-electron chi connectivity index (χ1n) is 13.6. The van der Waals surface area contributed by atoms with E-state index in [1.165, 1.54) is 0 Å². The van der Waals surface area contributed by atoms with Gasteiger partial charge in [-0.25, -0.2) is 0 Å². The molecule has 4 atom stereocenters. The molecule has 0 spiro atoms. The number of aliphatic hydroxyl groups excluding tert-OH is 1. The maximum Gasteiger partial charge on any atom is 0.161 e. The molecule has 41 heavy (non-hydrogen) atoms. The van der Waals surface area contributed by atoms with Crippen LogP contribution in [0.5, 0.6) is 34.5 Å². The Hall–Kier alpha value is -3.88. The molecule has 1 N–H and O–H groups in total. The Kier molecular flexibility index (Phi) is 10.4. The summed E-state index contributed by atoms with van der Waals surface area (Å²) in [6.45, 7) is 0.407. The highest BCUT2D eigenvalue weighted by Crippen LogP contribution is 2.44. The van der Waals surface area contributed by atoms with E-state index >= 15 is 0 Å². The lowest BCUT2D eigenvalue weighted by Crippen LogP contribution is -2.32. The van der Waals surface area contributed by atoms with E-state index in [0.717, 1.165) is 29.5 Å². The Bertz CT molecular complexity index is 1320. The smallest absolute Gasteiger partial charge is 0.161 e. The summed E-state index contributed by atoms with van der Waals surface area (Å²) < 4.78 is 39.1. The molecule has 0 unspecified atom stereocenters. The Morgan fingerprint density at radius 2 is 1.29 bits per heavy atom. The number of aliphatic hydroxyl groups is 1. The molecule has 0 radical (unpaired) electrons. The predicted molar refractivity (Wildman–Crippen MR) is 158 cm³/mol. The summed E-state index contributed by atoms with van der Waals surface area (Å²) in [5.41, 5.74) is 2.77. The molecule has 220 valence electrons. The second-order valence-electron chi connectivity index (χ2n) is 9.94. The molecule has 1 aliphatic heterocycles. The van der Waals surface area contributed by atoms with Crippen molar-refractivity contribution in [2.24, 2.45) is 11.8 Å². The predicted octanol–water partition coefficient (Wildman–Crippen LogP) is 6.27. The highest BCUT2D eigenvalue weighted by Gasteiger charge is 2.36. The molecular formula is C33H40O8. The summed E-state index contributed by atoms with van der Waals surface area (Å²) in [6, 6.07) is 17.2. The molecule has 1 fully saturated rings. The zero-order valence-electron chi connectivity index (χ0n) is 24.6. The van der Waals surface area contributed by atoms with Gasteiger partial charge in [-0.2, -0.15) is 0 Å². The third-order valence-corrected chi connectivity index (χ3v) is 7.61. The van der Waals surface area contributed by atoms with Crippen molar-refractivity contribution in [3.8, 4) is 34.5 Å². The van der Waals surface area contributed by atoms with E-state index in [1.54, 1.807) is 42.7 Å². The maximum atomic E-state index is 11.4. The second-order valence-corrected chi connectivity index (χ2v) is 9.94. The molecule has 1 saturated heterocycles. The summed E-state index contributed by atoms with van der Waals surface area (Å²) in [4.78, 5) is 0. The van der Waals surface area contributed by atoms with Gasteiger partial charge in [0, 0.05) is 5.92 Å². The van der Waals surface area contributed by atoms with Gasteiger partial charge in [0.15, 0.2) is 34.5 Å². The largest absolute Gasteiger partial charge is 0.493 e. The Labute approximate surface area is 242 Å². The van der Waals surface area contributed by atoms with E-state index in [-0.39, 0.29) is 17.9 Å². The van der Waals surface area contributed by atoms with Crippen LogP contribution in [-0.2, 0) is 4.74 Å². The number of methoxy groups -OCH3 is 6. The summed E-state index contributed by atoms with van der Waals surface area (Å²) in [5.74, 6) is 3.87. The van der Waals surface area contributed by atoms with Gasteiger partial charge < -0.3 is 38.3 Å².